The summed E-state index contributed by atoms with van der Waals surface area (Å²) >= 11 is 7.03. The van der Waals surface area contributed by atoms with Crippen molar-refractivity contribution in [3.63, 3.8) is 0 Å². The second-order valence-corrected chi connectivity index (χ2v) is 3.32. The maximum Gasteiger partial charge on any atom is 0.209 e. The number of aryl methyl sites for hydroxylation is 1. The highest BCUT2D eigenvalue weighted by Gasteiger charge is 1.99. The highest BCUT2D eigenvalue weighted by atomic mass is 35.5. The molecular weight excluding hydrogens is 196 g/mol. The lowest BCUT2D eigenvalue weighted by molar-refractivity contribution is 0.665. The van der Waals surface area contributed by atoms with Gasteiger partial charge in [0, 0.05) is 18.7 Å². The summed E-state index contributed by atoms with van der Waals surface area (Å²) in [5.74, 6) is 1.40. The molecule has 1 rings (SSSR count). The number of hydrogen-bond donors (Lipinski definition) is 0. The van der Waals surface area contributed by atoms with Gasteiger partial charge in [-0.2, -0.15) is 0 Å². The van der Waals surface area contributed by atoms with Gasteiger partial charge >= 0.3 is 0 Å². The Bertz CT molecular complexity index is 260. The number of halogens is 1. The van der Waals surface area contributed by atoms with E-state index in [-0.39, 0.29) is 0 Å². The van der Waals surface area contributed by atoms with E-state index in [2.05, 4.69) is 15.5 Å². The second kappa shape index (κ2) is 5.16. The molecule has 6 heteroatoms. The predicted molar refractivity (Wildman–Crippen MR) is 49.4 cm³/mol. The normalized spacial score (nSPS) is 11.2. The van der Waals surface area contributed by atoms with Crippen molar-refractivity contribution in [1.82, 2.24) is 20.2 Å². The molecule has 0 aliphatic rings. The van der Waals surface area contributed by atoms with Crippen molar-refractivity contribution >= 4 is 23.4 Å². The highest BCUT2D eigenvalue weighted by Crippen LogP contribution is 2.11. The number of allylic oxidation sites excluding steroid dienone is 1. The van der Waals surface area contributed by atoms with E-state index >= 15 is 0 Å². The molecule has 0 saturated carbocycles. The molecule has 1 heterocycles. The van der Waals surface area contributed by atoms with E-state index in [1.54, 1.807) is 16.4 Å². The van der Waals surface area contributed by atoms with E-state index in [9.17, 15) is 0 Å². The zero-order valence-electron chi connectivity index (χ0n) is 6.64. The average molecular weight is 205 g/mol. The molecule has 0 atom stereocenters. The quantitative estimate of drug-likeness (QED) is 0.419. The Hall–Kier alpha value is -0.550. The molecule has 1 aromatic rings. The van der Waals surface area contributed by atoms with Crippen LogP contribution in [-0.4, -0.2) is 31.8 Å². The van der Waals surface area contributed by atoms with Crippen LogP contribution in [0.2, 0.25) is 0 Å². The zero-order valence-corrected chi connectivity index (χ0v) is 8.22. The summed E-state index contributed by atoms with van der Waals surface area (Å²) in [6.07, 6.45) is 3.89. The monoisotopic (exact) mass is 204 g/mol. The molecule has 0 aliphatic carbocycles. The number of alkyl halides is 1. The van der Waals surface area contributed by atoms with Crippen LogP contribution in [0.15, 0.2) is 17.3 Å². The van der Waals surface area contributed by atoms with Crippen LogP contribution in [-0.2, 0) is 7.05 Å². The summed E-state index contributed by atoms with van der Waals surface area (Å²) in [5.41, 5.74) is 0. The SMILES string of the molecule is Cn1nnnc1SCC=CCCl. The van der Waals surface area contributed by atoms with Gasteiger partial charge in [-0.15, -0.1) is 16.7 Å². The van der Waals surface area contributed by atoms with Gasteiger partial charge in [0.05, 0.1) is 0 Å². The van der Waals surface area contributed by atoms with Gasteiger partial charge in [-0.25, -0.2) is 4.68 Å². The van der Waals surface area contributed by atoms with E-state index in [1.165, 1.54) is 0 Å². The van der Waals surface area contributed by atoms with Gasteiger partial charge in [-0.1, -0.05) is 23.9 Å². The topological polar surface area (TPSA) is 43.6 Å². The van der Waals surface area contributed by atoms with Gasteiger partial charge in [-0.05, 0) is 10.4 Å². The van der Waals surface area contributed by atoms with Gasteiger partial charge < -0.3 is 0 Å². The van der Waals surface area contributed by atoms with Crippen molar-refractivity contribution in [3.05, 3.63) is 12.2 Å². The van der Waals surface area contributed by atoms with Crippen LogP contribution in [0, 0.1) is 0 Å². The number of hydrogen-bond acceptors (Lipinski definition) is 4. The van der Waals surface area contributed by atoms with Gasteiger partial charge in [0.1, 0.15) is 0 Å². The van der Waals surface area contributed by atoms with Crippen LogP contribution in [0.4, 0.5) is 0 Å². The second-order valence-electron chi connectivity index (χ2n) is 2.02. The number of nitrogens with zero attached hydrogens (tertiary/aromatic N) is 4. The Balaban J connectivity index is 2.33. The van der Waals surface area contributed by atoms with Crippen molar-refractivity contribution in [1.29, 1.82) is 0 Å². The first-order valence-electron chi connectivity index (χ1n) is 3.40. The lowest BCUT2D eigenvalue weighted by Gasteiger charge is -1.92. The minimum Gasteiger partial charge on any atom is -0.224 e. The first kappa shape index (κ1) is 9.54. The fraction of sp³-hybridized carbons (Fsp3) is 0.500. The van der Waals surface area contributed by atoms with E-state index in [4.69, 9.17) is 11.6 Å². The van der Waals surface area contributed by atoms with E-state index in [0.717, 1.165) is 10.9 Å². The summed E-state index contributed by atoms with van der Waals surface area (Å²) in [6.45, 7) is 0. The predicted octanol–water partition coefficient (Wildman–Crippen LogP) is 1.10. The van der Waals surface area contributed by atoms with Gasteiger partial charge in [0.2, 0.25) is 5.16 Å². The standard InChI is InChI=1S/C6H9ClN4S/c1-11-6(8-9-10-11)12-5-3-2-4-7/h2-3H,4-5H2,1H3. The van der Waals surface area contributed by atoms with Crippen molar-refractivity contribution in [2.45, 2.75) is 5.16 Å². The van der Waals surface area contributed by atoms with Crippen molar-refractivity contribution in [2.24, 2.45) is 7.05 Å². The van der Waals surface area contributed by atoms with Crippen LogP contribution in [0.25, 0.3) is 0 Å². The lowest BCUT2D eigenvalue weighted by Crippen LogP contribution is -1.92. The van der Waals surface area contributed by atoms with E-state index < -0.39 is 0 Å². The maximum atomic E-state index is 5.45. The third-order valence-electron chi connectivity index (χ3n) is 1.15. The third kappa shape index (κ3) is 2.83. The molecule has 0 radical (unpaired) electrons. The molecular formula is C6H9ClN4S. The molecule has 0 aromatic carbocycles. The highest BCUT2D eigenvalue weighted by molar-refractivity contribution is 7.99. The van der Waals surface area contributed by atoms with Crippen molar-refractivity contribution in [2.75, 3.05) is 11.6 Å². The molecule has 0 unspecified atom stereocenters. The molecule has 66 valence electrons. The van der Waals surface area contributed by atoms with E-state index in [1.807, 2.05) is 19.2 Å². The summed E-state index contributed by atoms with van der Waals surface area (Å²) in [6, 6.07) is 0. The summed E-state index contributed by atoms with van der Waals surface area (Å²) < 4.78 is 1.64. The fourth-order valence-corrected chi connectivity index (χ4v) is 1.42. The number of tetrazole rings is 1. The van der Waals surface area contributed by atoms with Crippen LogP contribution < -0.4 is 0 Å². The molecule has 0 aliphatic heterocycles. The molecule has 0 fully saturated rings. The third-order valence-corrected chi connectivity index (χ3v) is 2.29. The minimum atomic E-state index is 0.553. The summed E-state index contributed by atoms with van der Waals surface area (Å²) in [7, 11) is 1.81. The largest absolute Gasteiger partial charge is 0.224 e. The van der Waals surface area contributed by atoms with Crippen molar-refractivity contribution in [3.8, 4) is 0 Å². The van der Waals surface area contributed by atoms with Crippen LogP contribution >= 0.6 is 23.4 Å². The Morgan fingerprint density at radius 3 is 3.00 bits per heavy atom. The van der Waals surface area contributed by atoms with E-state index in [0.29, 0.717) is 5.88 Å². The summed E-state index contributed by atoms with van der Waals surface area (Å²) in [4.78, 5) is 0. The Morgan fingerprint density at radius 2 is 2.42 bits per heavy atom. The number of thioether (sulfide) groups is 1. The first-order chi connectivity index (χ1) is 5.84. The van der Waals surface area contributed by atoms with Gasteiger partial charge in [0.25, 0.3) is 0 Å². The zero-order chi connectivity index (χ0) is 8.81. The molecule has 0 bridgehead atoms. The smallest absolute Gasteiger partial charge is 0.209 e. The molecule has 0 amide bonds. The lowest BCUT2D eigenvalue weighted by atomic mass is 10.6. The van der Waals surface area contributed by atoms with Crippen molar-refractivity contribution < 1.29 is 0 Å². The molecule has 0 spiro atoms. The van der Waals surface area contributed by atoms with Gasteiger partial charge in [0.15, 0.2) is 0 Å². The van der Waals surface area contributed by atoms with Gasteiger partial charge in [-0.3, -0.25) is 0 Å². The molecule has 0 N–H and O–H groups in total. The van der Waals surface area contributed by atoms with Crippen LogP contribution in [0.1, 0.15) is 0 Å². The molecule has 4 nitrogen and oxygen atoms in total. The maximum absolute atomic E-state index is 5.45. The molecule has 0 saturated heterocycles. The molecule has 1 aromatic heterocycles. The Labute approximate surface area is 80.0 Å². The number of aromatic nitrogens is 4. The van der Waals surface area contributed by atoms with Crippen LogP contribution in [0.5, 0.6) is 0 Å². The minimum absolute atomic E-state index is 0.553. The molecule has 12 heavy (non-hydrogen) atoms. The Kier molecular flexibility index (Phi) is 4.10. The summed E-state index contributed by atoms with van der Waals surface area (Å²) in [5, 5.41) is 11.8. The average Bonchev–Trinajstić information content (AvgIpc) is 2.46. The van der Waals surface area contributed by atoms with Crippen LogP contribution in [0.3, 0.4) is 0 Å². The first-order valence-corrected chi connectivity index (χ1v) is 4.92. The fourth-order valence-electron chi connectivity index (χ4n) is 0.597. The number of rotatable bonds is 4. The Morgan fingerprint density at radius 1 is 1.58 bits per heavy atom.